The van der Waals surface area contributed by atoms with Crippen LogP contribution in [0.3, 0.4) is 0 Å². The highest BCUT2D eigenvalue weighted by atomic mass is 35.5. The fourth-order valence-electron chi connectivity index (χ4n) is 9.32. The van der Waals surface area contributed by atoms with E-state index in [1.807, 2.05) is 11.8 Å². The van der Waals surface area contributed by atoms with E-state index in [-0.39, 0.29) is 75.1 Å². The Kier molecular flexibility index (Phi) is 11.3. The molecule has 0 spiro atoms. The molecule has 5 aliphatic rings. The molecule has 1 saturated carbocycles. The van der Waals surface area contributed by atoms with Crippen LogP contribution in [0.15, 0.2) is 67.2 Å². The van der Waals surface area contributed by atoms with Gasteiger partial charge in [-0.2, -0.15) is 0 Å². The van der Waals surface area contributed by atoms with Crippen LogP contribution in [-0.2, 0) is 19.8 Å². The van der Waals surface area contributed by atoms with Gasteiger partial charge in [0.25, 0.3) is 0 Å². The molecule has 1 aromatic heterocycles. The molecule has 0 bridgehead atoms. The normalized spacial score (nSPS) is 24.7. The summed E-state index contributed by atoms with van der Waals surface area (Å²) in [6.45, 7) is 15.7. The Balaban J connectivity index is 0.984. The molecule has 61 heavy (non-hydrogen) atoms. The van der Waals surface area contributed by atoms with Crippen LogP contribution in [0.25, 0.3) is 16.5 Å². The molecule has 322 valence electrons. The van der Waals surface area contributed by atoms with Gasteiger partial charge in [0.05, 0.1) is 17.3 Å². The number of fused-ring (bicyclic) bond motifs is 1. The van der Waals surface area contributed by atoms with Crippen LogP contribution < -0.4 is 10.2 Å². The topological polar surface area (TPSA) is 146 Å². The number of nitrogens with zero attached hydrogens (tertiary/aromatic N) is 7. The molecule has 3 unspecified atom stereocenters. The maximum Gasteiger partial charge on any atom is 0.246 e. The third kappa shape index (κ3) is 7.69. The summed E-state index contributed by atoms with van der Waals surface area (Å²) in [4.78, 5) is 55.3. The van der Waals surface area contributed by atoms with E-state index >= 15 is 8.78 Å². The minimum absolute atomic E-state index is 0.0647. The molecule has 3 aromatic rings. The summed E-state index contributed by atoms with van der Waals surface area (Å²) in [7, 11) is 0. The van der Waals surface area contributed by atoms with Gasteiger partial charge < -0.3 is 35.1 Å². The maximum atomic E-state index is 16.8. The number of hydrogen-bond acceptors (Lipinski definition) is 10. The smallest absolute Gasteiger partial charge is 0.246 e. The van der Waals surface area contributed by atoms with E-state index in [0.29, 0.717) is 99.9 Å². The fourth-order valence-corrected chi connectivity index (χ4v) is 9.98. The van der Waals surface area contributed by atoms with Crippen molar-refractivity contribution in [1.82, 2.24) is 29.6 Å². The van der Waals surface area contributed by atoms with Gasteiger partial charge in [-0.15, -0.1) is 0 Å². The molecule has 4 fully saturated rings. The Hall–Kier alpha value is -5.25. The zero-order chi connectivity index (χ0) is 43.5. The fraction of sp³-hybridized carbons (Fsp3) is 0.432. The van der Waals surface area contributed by atoms with Crippen molar-refractivity contribution >= 4 is 68.9 Å². The number of rotatable bonds is 10. The minimum Gasteiger partial charge on any atom is -0.507 e. The van der Waals surface area contributed by atoms with Gasteiger partial charge in [0.15, 0.2) is 5.82 Å². The number of phenols is 1. The van der Waals surface area contributed by atoms with Crippen molar-refractivity contribution in [2.75, 3.05) is 82.2 Å². The average molecular weight is 878 g/mol. The number of likely N-dealkylation sites (tertiary alicyclic amines) is 1. The Morgan fingerprint density at radius 1 is 0.918 bits per heavy atom. The number of phenolic OH excluding ortho intramolecular Hbond substituents is 1. The first-order valence-corrected chi connectivity index (χ1v) is 21.1. The number of carbonyl (C=O) groups is 3. The number of alkyl halides is 1. The number of aromatic hydroxyl groups is 1. The largest absolute Gasteiger partial charge is 0.507 e. The Morgan fingerprint density at radius 2 is 1.57 bits per heavy atom. The molecule has 13 nitrogen and oxygen atoms in total. The molecule has 3 aliphatic heterocycles. The summed E-state index contributed by atoms with van der Waals surface area (Å²) in [6, 6.07) is 4.88. The molecular formula is C44H48Cl2F2N8O5. The molecule has 4 heterocycles. The summed E-state index contributed by atoms with van der Waals surface area (Å²) in [5.74, 6) is -1.76. The average Bonchev–Trinajstić information content (AvgIpc) is 3.91. The molecule has 3 atom stereocenters. The number of hydrogen-bond donors (Lipinski definition) is 3. The number of benzene rings is 2. The highest BCUT2D eigenvalue weighted by Crippen LogP contribution is 2.63. The highest BCUT2D eigenvalue weighted by molar-refractivity contribution is 6.33. The van der Waals surface area contributed by atoms with Gasteiger partial charge in [-0.05, 0) is 54.7 Å². The molecule has 3 saturated heterocycles. The first-order valence-electron chi connectivity index (χ1n) is 20.4. The van der Waals surface area contributed by atoms with Gasteiger partial charge in [0.2, 0.25) is 17.7 Å². The zero-order valence-electron chi connectivity index (χ0n) is 34.1. The summed E-state index contributed by atoms with van der Waals surface area (Å²) in [6.07, 6.45) is 5.78. The van der Waals surface area contributed by atoms with Crippen LogP contribution in [-0.4, -0.2) is 141 Å². The first-order chi connectivity index (χ1) is 29.1. The Morgan fingerprint density at radius 3 is 2.25 bits per heavy atom. The van der Waals surface area contributed by atoms with Crippen molar-refractivity contribution in [1.29, 1.82) is 0 Å². The van der Waals surface area contributed by atoms with Crippen molar-refractivity contribution in [2.24, 2.45) is 5.92 Å². The second-order valence-corrected chi connectivity index (χ2v) is 17.7. The van der Waals surface area contributed by atoms with E-state index in [4.69, 9.17) is 23.2 Å². The number of aliphatic hydroxyl groups excluding tert-OH is 1. The van der Waals surface area contributed by atoms with Crippen molar-refractivity contribution in [3.8, 4) is 5.75 Å². The van der Waals surface area contributed by atoms with Crippen molar-refractivity contribution in [3.63, 3.8) is 0 Å². The molecule has 8 rings (SSSR count). The third-order valence-electron chi connectivity index (χ3n) is 13.1. The van der Waals surface area contributed by atoms with Gasteiger partial charge in [-0.25, -0.2) is 18.7 Å². The monoisotopic (exact) mass is 876 g/mol. The predicted molar refractivity (Wildman–Crippen MR) is 231 cm³/mol. The second kappa shape index (κ2) is 16.2. The van der Waals surface area contributed by atoms with E-state index < -0.39 is 22.7 Å². The van der Waals surface area contributed by atoms with E-state index in [1.54, 1.807) is 26.8 Å². The van der Waals surface area contributed by atoms with Crippen LogP contribution in [0, 0.1) is 11.7 Å². The van der Waals surface area contributed by atoms with Gasteiger partial charge in [-0.1, -0.05) is 49.4 Å². The Labute approximate surface area is 362 Å². The molecule has 3 amide bonds. The molecule has 2 aliphatic carbocycles. The lowest BCUT2D eigenvalue weighted by atomic mass is 9.79. The van der Waals surface area contributed by atoms with E-state index in [2.05, 4.69) is 33.3 Å². The SMILES string of the molecule is C=CC(=O)N1CCN(c2ncnc3c(F)c(C4=C(O)C(C5CC5(C)c5cc(NCC(=O)N6CCN(C7CN(C(=O)C=C)C7)CC6)c(O)cc5Cl)=CCC4(C)F)c(Cl)cc23)CC1. The van der Waals surface area contributed by atoms with Crippen LogP contribution in [0.4, 0.5) is 20.3 Å². The summed E-state index contributed by atoms with van der Waals surface area (Å²) >= 11 is 13.6. The zero-order valence-corrected chi connectivity index (χ0v) is 35.6. The molecule has 3 N–H and O–H groups in total. The van der Waals surface area contributed by atoms with Crippen molar-refractivity contribution in [3.05, 3.63) is 94.2 Å². The number of aliphatic hydroxyl groups is 1. The van der Waals surface area contributed by atoms with Crippen LogP contribution in [0.1, 0.15) is 37.8 Å². The standard InChI is InChI=1S/C44H48Cl2F2N8O5/c1-5-34(58)53-13-15-55(16-14-53)42-27-17-31(46)37(39(47)40(27)50-24-51-42)38-41(61)26(7-8-44(38,4)48)29-20-43(29,3)28-18-32(33(57)19-30(28)45)49-21-36(60)54-11-9-52(10-12-54)25-22-56(23-25)35(59)6-2/h5-7,17-19,24-25,29,49,57,61H,1-2,8-16,20-23H2,3-4H3. The number of halogens is 4. The van der Waals surface area contributed by atoms with Gasteiger partial charge >= 0.3 is 0 Å². The van der Waals surface area contributed by atoms with Gasteiger partial charge in [-0.3, -0.25) is 19.3 Å². The van der Waals surface area contributed by atoms with Crippen LogP contribution in [0.5, 0.6) is 5.75 Å². The number of anilines is 2. The number of piperazine rings is 2. The summed E-state index contributed by atoms with van der Waals surface area (Å²) in [5.41, 5.74) is -2.13. The summed E-state index contributed by atoms with van der Waals surface area (Å²) in [5, 5.41) is 26.4. The third-order valence-corrected chi connectivity index (χ3v) is 13.7. The predicted octanol–water partition coefficient (Wildman–Crippen LogP) is 5.87. The number of carbonyl (C=O) groups excluding carboxylic acids is 3. The van der Waals surface area contributed by atoms with Crippen LogP contribution in [0.2, 0.25) is 10.0 Å². The highest BCUT2D eigenvalue weighted by Gasteiger charge is 2.56. The number of aromatic nitrogens is 2. The molecule has 0 radical (unpaired) electrons. The number of amides is 3. The molecule has 2 aromatic carbocycles. The van der Waals surface area contributed by atoms with E-state index in [9.17, 15) is 24.6 Å². The minimum atomic E-state index is -2.20. The van der Waals surface area contributed by atoms with E-state index in [0.717, 1.165) is 0 Å². The van der Waals surface area contributed by atoms with Gasteiger partial charge in [0.1, 0.15) is 34.8 Å². The van der Waals surface area contributed by atoms with E-state index in [1.165, 1.54) is 37.5 Å². The lowest BCUT2D eigenvalue weighted by Crippen LogP contribution is -2.64. The maximum absolute atomic E-state index is 16.8. The first kappa shape index (κ1) is 42.4. The van der Waals surface area contributed by atoms with Crippen LogP contribution >= 0.6 is 23.2 Å². The second-order valence-electron chi connectivity index (χ2n) is 16.8. The number of allylic oxidation sites excluding steroid dienone is 3. The van der Waals surface area contributed by atoms with Crippen molar-refractivity contribution in [2.45, 2.75) is 43.8 Å². The number of nitrogens with one attached hydrogen (secondary N) is 1. The molecular weight excluding hydrogens is 829 g/mol. The van der Waals surface area contributed by atoms with Crippen molar-refractivity contribution < 1.29 is 33.4 Å². The van der Waals surface area contributed by atoms with Gasteiger partial charge in [0, 0.05) is 111 Å². The molecule has 17 heteroatoms. The lowest BCUT2D eigenvalue weighted by Gasteiger charge is -2.47. The quantitative estimate of drug-likeness (QED) is 0.167. The summed E-state index contributed by atoms with van der Waals surface area (Å²) < 4.78 is 33.4. The lowest BCUT2D eigenvalue weighted by molar-refractivity contribution is -0.135. The Bertz CT molecular complexity index is 2410.